The second-order valence-corrected chi connectivity index (χ2v) is 8.70. The van der Waals surface area contributed by atoms with Crippen molar-refractivity contribution in [3.05, 3.63) is 60.7 Å². The van der Waals surface area contributed by atoms with Gasteiger partial charge in [0, 0.05) is 12.8 Å². The molecule has 4 heteroatoms. The van der Waals surface area contributed by atoms with Gasteiger partial charge in [0.05, 0.1) is 6.54 Å². The normalized spacial score (nSPS) is 18.6. The summed E-state index contributed by atoms with van der Waals surface area (Å²) in [5.41, 5.74) is 0.345. The lowest BCUT2D eigenvalue weighted by Gasteiger charge is -2.29. The van der Waals surface area contributed by atoms with Crippen molar-refractivity contribution < 1.29 is 22.5 Å². The van der Waals surface area contributed by atoms with Crippen molar-refractivity contribution in [3.8, 4) is 0 Å². The van der Waals surface area contributed by atoms with Crippen LogP contribution in [0.1, 0.15) is 12.8 Å². The second kappa shape index (κ2) is 6.55. The zero-order chi connectivity index (χ0) is 13.1. The molecule has 20 heavy (non-hydrogen) atoms. The van der Waals surface area contributed by atoms with Crippen LogP contribution in [0.4, 0.5) is 0 Å². The van der Waals surface area contributed by atoms with Crippen molar-refractivity contribution in [3.63, 3.8) is 0 Å². The number of halogens is 1. The molecule has 2 aromatic carbocycles. The summed E-state index contributed by atoms with van der Waals surface area (Å²) in [5, 5.41) is 4.60. The number of rotatable bonds is 3. The molecule has 0 aliphatic carbocycles. The van der Waals surface area contributed by atoms with Gasteiger partial charge in [0.15, 0.2) is 0 Å². The van der Waals surface area contributed by atoms with E-state index in [0.717, 1.165) is 23.3 Å². The molecule has 0 bridgehead atoms. The van der Waals surface area contributed by atoms with E-state index in [2.05, 4.69) is 29.6 Å². The molecule has 2 aromatic rings. The van der Waals surface area contributed by atoms with Crippen LogP contribution < -0.4 is 28.1 Å². The van der Waals surface area contributed by atoms with E-state index >= 15 is 0 Å². The van der Waals surface area contributed by atoms with Gasteiger partial charge in [-0.05, 0) is 10.4 Å². The van der Waals surface area contributed by atoms with Crippen LogP contribution in [-0.2, 0) is 0 Å². The van der Waals surface area contributed by atoms with E-state index in [1.54, 1.807) is 0 Å². The lowest BCUT2D eigenvalue weighted by Crippen LogP contribution is -3.00. The molecule has 1 atom stereocenters. The summed E-state index contributed by atoms with van der Waals surface area (Å²) in [6.07, 6.45) is 2.33. The quantitative estimate of drug-likeness (QED) is 0.583. The minimum absolute atomic E-state index is 0. The molecule has 1 aliphatic heterocycles. The maximum atomic E-state index is 11.6. The molecule has 0 saturated carbocycles. The van der Waals surface area contributed by atoms with Gasteiger partial charge in [-0.3, -0.25) is 0 Å². The first-order valence-corrected chi connectivity index (χ1v) is 9.01. The highest BCUT2D eigenvalue weighted by molar-refractivity contribution is 6.97. The Kier molecular flexibility index (Phi) is 4.99. The van der Waals surface area contributed by atoms with Crippen molar-refractivity contribution in [1.82, 2.24) is 0 Å². The fourth-order valence-electron chi connectivity index (χ4n) is 3.13. The largest absolute Gasteiger partial charge is 1.00 e. The van der Waals surface area contributed by atoms with Gasteiger partial charge in [0.25, 0.3) is 0 Å². The highest BCUT2D eigenvalue weighted by Crippen LogP contribution is 2.12. The Labute approximate surface area is 127 Å². The molecular weight excluding hydrogens is 286 g/mol. The summed E-state index contributed by atoms with van der Waals surface area (Å²) >= 11 is 0. The molecule has 1 saturated heterocycles. The van der Waals surface area contributed by atoms with Crippen LogP contribution in [0.3, 0.4) is 0 Å². The van der Waals surface area contributed by atoms with Crippen LogP contribution in [0, 0.1) is 0 Å². The highest BCUT2D eigenvalue weighted by atomic mass is 35.5. The molecular formula is C16H20ClNOSi. The van der Waals surface area contributed by atoms with Crippen molar-refractivity contribution in [2.24, 2.45) is 0 Å². The molecule has 0 amide bonds. The predicted octanol–water partition coefficient (Wildman–Crippen LogP) is -2.99. The van der Waals surface area contributed by atoms with Crippen LogP contribution >= 0.6 is 0 Å². The van der Waals surface area contributed by atoms with Gasteiger partial charge in [0.1, 0.15) is 5.67 Å². The van der Waals surface area contributed by atoms with Crippen molar-refractivity contribution >= 4 is 18.7 Å². The SMILES string of the molecule is O[Si](c1ccccc1)(c1ccccc1)[C@H]1CCC[NH2+]1.[Cl-]. The Morgan fingerprint density at radius 1 is 0.900 bits per heavy atom. The van der Waals surface area contributed by atoms with Gasteiger partial charge in [-0.1, -0.05) is 60.7 Å². The zero-order valence-electron chi connectivity index (χ0n) is 11.4. The molecule has 0 radical (unpaired) electrons. The van der Waals surface area contributed by atoms with Gasteiger partial charge in [-0.15, -0.1) is 0 Å². The summed E-state index contributed by atoms with van der Waals surface area (Å²) in [5.74, 6) is 0. The Balaban J connectivity index is 0.00000147. The van der Waals surface area contributed by atoms with Crippen molar-refractivity contribution in [1.29, 1.82) is 0 Å². The van der Waals surface area contributed by atoms with Gasteiger partial charge in [-0.25, -0.2) is 0 Å². The third kappa shape index (κ3) is 2.67. The monoisotopic (exact) mass is 305 g/mol. The predicted molar refractivity (Wildman–Crippen MR) is 79.9 cm³/mol. The van der Waals surface area contributed by atoms with Gasteiger partial charge in [0.2, 0.25) is 0 Å². The lowest BCUT2D eigenvalue weighted by atomic mass is 10.4. The van der Waals surface area contributed by atoms with Crippen LogP contribution in [0.25, 0.3) is 0 Å². The molecule has 3 rings (SSSR count). The fourth-order valence-corrected chi connectivity index (χ4v) is 6.85. The molecule has 1 aliphatic rings. The van der Waals surface area contributed by atoms with Crippen LogP contribution in [0.2, 0.25) is 0 Å². The Bertz CT molecular complexity index is 489. The summed E-state index contributed by atoms with van der Waals surface area (Å²) < 4.78 is 0. The van der Waals surface area contributed by atoms with E-state index in [1.807, 2.05) is 36.4 Å². The molecule has 0 spiro atoms. The number of nitrogens with two attached hydrogens (primary N) is 1. The minimum atomic E-state index is -2.62. The van der Waals surface area contributed by atoms with Crippen molar-refractivity contribution in [2.45, 2.75) is 18.5 Å². The molecule has 3 N–H and O–H groups in total. The standard InChI is InChI=1S/C16H19NOSi.ClH/c18-19(16-12-7-13-17-16,14-8-3-1-4-9-14)15-10-5-2-6-11-15;/h1-6,8-11,16-18H,7,12-13H2;1H/t16-;/m0./s1. The molecule has 0 unspecified atom stereocenters. The minimum Gasteiger partial charge on any atom is -1.00 e. The Morgan fingerprint density at radius 3 is 1.80 bits per heavy atom. The summed E-state index contributed by atoms with van der Waals surface area (Å²) in [6.45, 7) is 1.14. The van der Waals surface area contributed by atoms with Gasteiger partial charge < -0.3 is 22.5 Å². The first kappa shape index (κ1) is 15.3. The third-order valence-electron chi connectivity index (χ3n) is 4.13. The number of hydrogen-bond acceptors (Lipinski definition) is 1. The van der Waals surface area contributed by atoms with E-state index in [4.69, 9.17) is 0 Å². The Morgan fingerprint density at radius 2 is 1.40 bits per heavy atom. The molecule has 0 aromatic heterocycles. The second-order valence-electron chi connectivity index (χ2n) is 5.27. The van der Waals surface area contributed by atoms with E-state index in [1.165, 1.54) is 6.42 Å². The molecule has 1 fully saturated rings. The average molecular weight is 306 g/mol. The van der Waals surface area contributed by atoms with Crippen LogP contribution in [0.5, 0.6) is 0 Å². The topological polar surface area (TPSA) is 36.8 Å². The highest BCUT2D eigenvalue weighted by Gasteiger charge is 2.48. The average Bonchev–Trinajstić information content (AvgIpc) is 3.03. The van der Waals surface area contributed by atoms with E-state index in [0.29, 0.717) is 5.67 Å². The smallest absolute Gasteiger partial charge is 0.316 e. The lowest BCUT2D eigenvalue weighted by molar-refractivity contribution is -0.654. The Hall–Kier alpha value is -1.13. The van der Waals surface area contributed by atoms with Gasteiger partial charge >= 0.3 is 8.32 Å². The number of quaternary nitrogens is 1. The van der Waals surface area contributed by atoms with Crippen molar-refractivity contribution in [2.75, 3.05) is 6.54 Å². The number of benzene rings is 2. The molecule has 106 valence electrons. The zero-order valence-corrected chi connectivity index (χ0v) is 13.1. The third-order valence-corrected chi connectivity index (χ3v) is 8.16. The van der Waals surface area contributed by atoms with Crippen LogP contribution in [-0.4, -0.2) is 25.3 Å². The van der Waals surface area contributed by atoms with Crippen LogP contribution in [0.15, 0.2) is 60.7 Å². The molecule has 1 heterocycles. The fraction of sp³-hybridized carbons (Fsp3) is 0.250. The first-order valence-electron chi connectivity index (χ1n) is 6.98. The maximum Gasteiger partial charge on any atom is 0.316 e. The maximum absolute atomic E-state index is 11.6. The van der Waals surface area contributed by atoms with E-state index in [-0.39, 0.29) is 12.4 Å². The number of hydrogen-bond donors (Lipinski definition) is 2. The first-order chi connectivity index (χ1) is 9.32. The summed E-state index contributed by atoms with van der Waals surface area (Å²) in [7, 11) is -2.62. The van der Waals surface area contributed by atoms with Gasteiger partial charge in [-0.2, -0.15) is 0 Å². The van der Waals surface area contributed by atoms with E-state index in [9.17, 15) is 4.80 Å². The summed E-state index contributed by atoms with van der Waals surface area (Å²) in [6, 6.07) is 20.5. The van der Waals surface area contributed by atoms with E-state index < -0.39 is 8.32 Å². The molecule has 2 nitrogen and oxygen atoms in total. The summed E-state index contributed by atoms with van der Waals surface area (Å²) in [4.78, 5) is 11.6.